The van der Waals surface area contributed by atoms with Crippen LogP contribution in [0.15, 0.2) is 10.5 Å². The molecule has 0 aliphatic heterocycles. The van der Waals surface area contributed by atoms with Gasteiger partial charge in [0.1, 0.15) is 5.69 Å². The fourth-order valence-electron chi connectivity index (χ4n) is 1.08. The van der Waals surface area contributed by atoms with Gasteiger partial charge < -0.3 is 4.74 Å². The number of alkyl halides is 3. The number of aromatic nitrogens is 1. The Hall–Kier alpha value is -0.750. The summed E-state index contributed by atoms with van der Waals surface area (Å²) in [6.45, 7) is 0. The Bertz CT molecular complexity index is 415. The summed E-state index contributed by atoms with van der Waals surface area (Å²) in [6, 6.07) is 1.23. The molecular formula is C9H7BrClF2NO2. The second-order valence-electron chi connectivity index (χ2n) is 2.78. The second kappa shape index (κ2) is 5.54. The van der Waals surface area contributed by atoms with Crippen molar-refractivity contribution >= 4 is 33.5 Å². The predicted octanol–water partition coefficient (Wildman–Crippen LogP) is 3.31. The third-order valence-electron chi connectivity index (χ3n) is 1.82. The van der Waals surface area contributed by atoms with Gasteiger partial charge in [0.15, 0.2) is 0 Å². The van der Waals surface area contributed by atoms with Crippen LogP contribution in [0.25, 0.3) is 0 Å². The minimum Gasteiger partial charge on any atom is -0.465 e. The first-order chi connectivity index (χ1) is 7.51. The molecule has 1 aromatic rings. The lowest BCUT2D eigenvalue weighted by Gasteiger charge is -2.09. The molecule has 0 unspecified atom stereocenters. The summed E-state index contributed by atoms with van der Waals surface area (Å²) in [4.78, 5) is 14.9. The summed E-state index contributed by atoms with van der Waals surface area (Å²) in [5, 5.41) is 0. The van der Waals surface area contributed by atoms with E-state index < -0.39 is 18.1 Å². The van der Waals surface area contributed by atoms with Crippen molar-refractivity contribution in [3.8, 4) is 0 Å². The minimum atomic E-state index is -2.73. The van der Waals surface area contributed by atoms with Gasteiger partial charge in [0.2, 0.25) is 0 Å². The molecule has 1 rings (SSSR count). The van der Waals surface area contributed by atoms with Crippen LogP contribution in [0.5, 0.6) is 0 Å². The number of pyridine rings is 1. The summed E-state index contributed by atoms with van der Waals surface area (Å²) in [6.07, 6.45) is -2.73. The first-order valence-electron chi connectivity index (χ1n) is 4.13. The molecular weight excluding hydrogens is 307 g/mol. The number of esters is 1. The monoisotopic (exact) mass is 313 g/mol. The van der Waals surface area contributed by atoms with Crippen LogP contribution in [0.2, 0.25) is 0 Å². The Balaban J connectivity index is 3.32. The molecule has 0 fully saturated rings. The van der Waals surface area contributed by atoms with Crippen LogP contribution in [0.3, 0.4) is 0 Å². The van der Waals surface area contributed by atoms with E-state index in [1.807, 2.05) is 0 Å². The molecule has 0 aliphatic rings. The summed E-state index contributed by atoms with van der Waals surface area (Å²) in [5.41, 5.74) is -0.288. The van der Waals surface area contributed by atoms with E-state index in [1.54, 1.807) is 0 Å². The van der Waals surface area contributed by atoms with E-state index in [4.69, 9.17) is 11.6 Å². The number of ether oxygens (including phenoxy) is 1. The topological polar surface area (TPSA) is 39.2 Å². The first-order valence-corrected chi connectivity index (χ1v) is 5.45. The molecule has 0 saturated heterocycles. The highest BCUT2D eigenvalue weighted by atomic mass is 79.9. The summed E-state index contributed by atoms with van der Waals surface area (Å²) in [5.74, 6) is -0.804. The van der Waals surface area contributed by atoms with E-state index in [2.05, 4.69) is 25.7 Å². The fraction of sp³-hybridized carbons (Fsp3) is 0.333. The zero-order valence-electron chi connectivity index (χ0n) is 8.14. The number of carbonyl (C=O) groups excluding carboxylic acids is 1. The molecule has 88 valence electrons. The van der Waals surface area contributed by atoms with Gasteiger partial charge in [0.25, 0.3) is 6.43 Å². The predicted molar refractivity (Wildman–Crippen MR) is 57.8 cm³/mol. The molecule has 0 aromatic carbocycles. The molecule has 0 spiro atoms. The molecule has 0 atom stereocenters. The van der Waals surface area contributed by atoms with Crippen molar-refractivity contribution in [2.45, 2.75) is 12.3 Å². The number of halogens is 4. The van der Waals surface area contributed by atoms with Gasteiger partial charge in [-0.15, -0.1) is 11.6 Å². The fourth-order valence-corrected chi connectivity index (χ4v) is 1.78. The number of nitrogens with zero attached hydrogens (tertiary/aromatic N) is 1. The zero-order valence-corrected chi connectivity index (χ0v) is 10.5. The average molecular weight is 315 g/mol. The maximum Gasteiger partial charge on any atom is 0.339 e. The molecule has 0 bridgehead atoms. The largest absolute Gasteiger partial charge is 0.465 e. The number of rotatable bonds is 3. The van der Waals surface area contributed by atoms with Crippen LogP contribution < -0.4 is 0 Å². The van der Waals surface area contributed by atoms with Crippen molar-refractivity contribution in [2.24, 2.45) is 0 Å². The van der Waals surface area contributed by atoms with Crippen LogP contribution in [0.1, 0.15) is 28.2 Å². The van der Waals surface area contributed by atoms with Crippen LogP contribution >= 0.6 is 27.5 Å². The highest BCUT2D eigenvalue weighted by Crippen LogP contribution is 2.28. The lowest BCUT2D eigenvalue weighted by Crippen LogP contribution is -2.09. The van der Waals surface area contributed by atoms with Crippen LogP contribution in [-0.4, -0.2) is 18.1 Å². The zero-order chi connectivity index (χ0) is 12.3. The minimum absolute atomic E-state index is 0.0526. The van der Waals surface area contributed by atoms with Gasteiger partial charge in [-0.25, -0.2) is 18.6 Å². The maximum absolute atomic E-state index is 12.5. The molecule has 16 heavy (non-hydrogen) atoms. The number of methoxy groups -OCH3 is 1. The van der Waals surface area contributed by atoms with Crippen LogP contribution in [0.4, 0.5) is 8.78 Å². The Morgan fingerprint density at radius 2 is 2.31 bits per heavy atom. The lowest BCUT2D eigenvalue weighted by atomic mass is 10.2. The third-order valence-corrected chi connectivity index (χ3v) is 2.71. The molecule has 7 heteroatoms. The summed E-state index contributed by atoms with van der Waals surface area (Å²) >= 11 is 8.45. The van der Waals surface area contributed by atoms with Crippen molar-refractivity contribution in [1.82, 2.24) is 4.98 Å². The Labute approximate surface area is 104 Å². The van der Waals surface area contributed by atoms with E-state index >= 15 is 0 Å². The van der Waals surface area contributed by atoms with Gasteiger partial charge in [-0.05, 0) is 22.0 Å². The highest BCUT2D eigenvalue weighted by Gasteiger charge is 2.20. The summed E-state index contributed by atoms with van der Waals surface area (Å²) < 4.78 is 29.6. The maximum atomic E-state index is 12.5. The number of hydrogen-bond acceptors (Lipinski definition) is 3. The molecule has 0 N–H and O–H groups in total. The smallest absolute Gasteiger partial charge is 0.339 e. The molecule has 3 nitrogen and oxygen atoms in total. The lowest BCUT2D eigenvalue weighted by molar-refractivity contribution is 0.0598. The molecule has 0 amide bonds. The van der Waals surface area contributed by atoms with E-state index in [1.165, 1.54) is 13.2 Å². The summed E-state index contributed by atoms with van der Waals surface area (Å²) in [7, 11) is 1.19. The van der Waals surface area contributed by atoms with E-state index in [0.717, 1.165) is 0 Å². The van der Waals surface area contributed by atoms with Gasteiger partial charge in [-0.3, -0.25) is 0 Å². The average Bonchev–Trinajstić information content (AvgIpc) is 2.27. The SMILES string of the molecule is COC(=O)c1cc(Br)c(C(F)F)nc1CCl. The van der Waals surface area contributed by atoms with Crippen LogP contribution in [0, 0.1) is 0 Å². The molecule has 1 heterocycles. The van der Waals surface area contributed by atoms with Gasteiger partial charge in [-0.2, -0.15) is 0 Å². The van der Waals surface area contributed by atoms with Gasteiger partial charge in [-0.1, -0.05) is 0 Å². The molecule has 1 aromatic heterocycles. The van der Waals surface area contributed by atoms with Gasteiger partial charge >= 0.3 is 5.97 Å². The normalized spacial score (nSPS) is 10.6. The van der Waals surface area contributed by atoms with Crippen molar-refractivity contribution in [1.29, 1.82) is 0 Å². The van der Waals surface area contributed by atoms with Gasteiger partial charge in [0, 0.05) is 4.47 Å². The van der Waals surface area contributed by atoms with Crippen molar-refractivity contribution < 1.29 is 18.3 Å². The van der Waals surface area contributed by atoms with Crippen LogP contribution in [-0.2, 0) is 10.6 Å². The van der Waals surface area contributed by atoms with E-state index in [-0.39, 0.29) is 21.6 Å². The Kier molecular flexibility index (Phi) is 4.61. The van der Waals surface area contributed by atoms with Crippen molar-refractivity contribution in [3.05, 3.63) is 27.5 Å². The van der Waals surface area contributed by atoms with E-state index in [9.17, 15) is 13.6 Å². The molecule has 0 aliphatic carbocycles. The third kappa shape index (κ3) is 2.68. The molecule has 0 saturated carbocycles. The highest BCUT2D eigenvalue weighted by molar-refractivity contribution is 9.10. The first kappa shape index (κ1) is 13.3. The second-order valence-corrected chi connectivity index (χ2v) is 3.90. The van der Waals surface area contributed by atoms with Gasteiger partial charge in [0.05, 0.1) is 24.2 Å². The number of carbonyl (C=O) groups is 1. The van der Waals surface area contributed by atoms with E-state index in [0.29, 0.717) is 0 Å². The molecule has 0 radical (unpaired) electrons. The standard InChI is InChI=1S/C9H7BrClF2NO2/c1-16-9(15)4-2-5(10)7(8(12)13)14-6(4)3-11/h2,8H,3H2,1H3. The Morgan fingerprint density at radius 3 is 2.75 bits per heavy atom. The Morgan fingerprint density at radius 1 is 1.69 bits per heavy atom. The van der Waals surface area contributed by atoms with Crippen molar-refractivity contribution in [2.75, 3.05) is 7.11 Å². The van der Waals surface area contributed by atoms with Crippen molar-refractivity contribution in [3.63, 3.8) is 0 Å². The quantitative estimate of drug-likeness (QED) is 0.635. The number of hydrogen-bond donors (Lipinski definition) is 0.